The molecule has 86 valence electrons. The number of fused-ring (bicyclic) bond motifs is 2. The first kappa shape index (κ1) is 10.3. The monoisotopic (exact) mass is 225 g/mol. The highest BCUT2D eigenvalue weighted by molar-refractivity contribution is 5.51. The second kappa shape index (κ2) is 3.88. The van der Waals surface area contributed by atoms with Gasteiger partial charge < -0.3 is 4.74 Å². The number of hydrogen-bond donors (Lipinski definition) is 0. The van der Waals surface area contributed by atoms with Gasteiger partial charge >= 0.3 is 0 Å². The van der Waals surface area contributed by atoms with Gasteiger partial charge in [0.15, 0.2) is 0 Å². The normalized spacial score (nSPS) is 17.2. The summed E-state index contributed by atoms with van der Waals surface area (Å²) in [6.45, 7) is 4.48. The fourth-order valence-corrected chi connectivity index (χ4v) is 2.55. The summed E-state index contributed by atoms with van der Waals surface area (Å²) in [4.78, 5) is 4.33. The third-order valence-corrected chi connectivity index (χ3v) is 3.26. The summed E-state index contributed by atoms with van der Waals surface area (Å²) in [5.41, 5.74) is 2.46. The summed E-state index contributed by atoms with van der Waals surface area (Å²) >= 11 is 0. The van der Waals surface area contributed by atoms with Crippen molar-refractivity contribution < 1.29 is 4.74 Å². The summed E-state index contributed by atoms with van der Waals surface area (Å²) in [5.74, 6) is 2.61. The molecule has 0 radical (unpaired) electrons. The molecule has 2 nitrogen and oxygen atoms in total. The number of pyridine rings is 1. The SMILES string of the molecule is CC(C)C1c2ccccc2Oc2ncccc21. The number of benzene rings is 1. The van der Waals surface area contributed by atoms with Crippen molar-refractivity contribution in [2.24, 2.45) is 5.92 Å². The molecule has 0 bridgehead atoms. The van der Waals surface area contributed by atoms with E-state index >= 15 is 0 Å². The number of para-hydroxylation sites is 1. The van der Waals surface area contributed by atoms with E-state index in [-0.39, 0.29) is 0 Å². The highest BCUT2D eigenvalue weighted by Gasteiger charge is 2.29. The average Bonchev–Trinajstić information content (AvgIpc) is 2.35. The van der Waals surface area contributed by atoms with Crippen LogP contribution in [0, 0.1) is 5.92 Å². The number of rotatable bonds is 1. The van der Waals surface area contributed by atoms with Crippen molar-refractivity contribution in [1.29, 1.82) is 0 Å². The van der Waals surface area contributed by atoms with E-state index in [1.54, 1.807) is 6.20 Å². The predicted molar refractivity (Wildman–Crippen MR) is 67.4 cm³/mol. The minimum Gasteiger partial charge on any atom is -0.438 e. The molecule has 0 fully saturated rings. The molecule has 2 heteroatoms. The average molecular weight is 225 g/mol. The van der Waals surface area contributed by atoms with Crippen LogP contribution in [0.25, 0.3) is 0 Å². The van der Waals surface area contributed by atoms with Gasteiger partial charge in [-0.1, -0.05) is 38.1 Å². The van der Waals surface area contributed by atoms with Crippen LogP contribution in [-0.2, 0) is 0 Å². The van der Waals surface area contributed by atoms with Crippen molar-refractivity contribution in [1.82, 2.24) is 4.98 Å². The van der Waals surface area contributed by atoms with Gasteiger partial charge in [-0.3, -0.25) is 0 Å². The molecule has 1 aromatic heterocycles. The largest absolute Gasteiger partial charge is 0.438 e. The Hall–Kier alpha value is -1.83. The van der Waals surface area contributed by atoms with Crippen LogP contribution in [0.15, 0.2) is 42.6 Å². The van der Waals surface area contributed by atoms with Crippen molar-refractivity contribution >= 4 is 0 Å². The molecular formula is C15H15NO. The van der Waals surface area contributed by atoms with E-state index in [0.29, 0.717) is 11.8 Å². The summed E-state index contributed by atoms with van der Waals surface area (Å²) in [5, 5.41) is 0. The Kier molecular flexibility index (Phi) is 2.36. The van der Waals surface area contributed by atoms with Gasteiger partial charge in [0.05, 0.1) is 0 Å². The molecule has 1 unspecified atom stereocenters. The fraction of sp³-hybridized carbons (Fsp3) is 0.267. The zero-order valence-corrected chi connectivity index (χ0v) is 10.1. The van der Waals surface area contributed by atoms with Gasteiger partial charge in [-0.2, -0.15) is 0 Å². The van der Waals surface area contributed by atoms with Crippen molar-refractivity contribution in [3.8, 4) is 11.6 Å². The zero-order chi connectivity index (χ0) is 11.8. The lowest BCUT2D eigenvalue weighted by atomic mass is 9.81. The van der Waals surface area contributed by atoms with E-state index in [4.69, 9.17) is 4.74 Å². The maximum absolute atomic E-state index is 5.85. The van der Waals surface area contributed by atoms with Crippen LogP contribution in [0.5, 0.6) is 11.6 Å². The summed E-state index contributed by atoms with van der Waals surface area (Å²) < 4.78 is 5.85. The molecule has 1 aliphatic heterocycles. The van der Waals surface area contributed by atoms with Crippen LogP contribution < -0.4 is 4.74 Å². The van der Waals surface area contributed by atoms with Crippen molar-refractivity contribution in [3.63, 3.8) is 0 Å². The Morgan fingerprint density at radius 2 is 1.82 bits per heavy atom. The molecule has 1 atom stereocenters. The molecule has 0 amide bonds. The van der Waals surface area contributed by atoms with E-state index in [0.717, 1.165) is 11.6 Å². The lowest BCUT2D eigenvalue weighted by Gasteiger charge is -2.29. The number of ether oxygens (including phenoxy) is 1. The molecule has 2 heterocycles. The van der Waals surface area contributed by atoms with Crippen molar-refractivity contribution in [3.05, 3.63) is 53.7 Å². The topological polar surface area (TPSA) is 22.1 Å². The highest BCUT2D eigenvalue weighted by atomic mass is 16.5. The Morgan fingerprint density at radius 3 is 2.65 bits per heavy atom. The molecule has 1 aliphatic rings. The molecule has 17 heavy (non-hydrogen) atoms. The predicted octanol–water partition coefficient (Wildman–Crippen LogP) is 3.98. The maximum Gasteiger partial charge on any atom is 0.223 e. The zero-order valence-electron chi connectivity index (χ0n) is 10.1. The van der Waals surface area contributed by atoms with Crippen LogP contribution in [0.4, 0.5) is 0 Å². The second-order valence-corrected chi connectivity index (χ2v) is 4.76. The molecule has 0 spiro atoms. The highest BCUT2D eigenvalue weighted by Crippen LogP contribution is 2.45. The summed E-state index contributed by atoms with van der Waals surface area (Å²) in [6, 6.07) is 12.3. The van der Waals surface area contributed by atoms with Crippen LogP contribution in [-0.4, -0.2) is 4.98 Å². The lowest BCUT2D eigenvalue weighted by Crippen LogP contribution is -2.15. The van der Waals surface area contributed by atoms with E-state index in [1.165, 1.54) is 11.1 Å². The van der Waals surface area contributed by atoms with Crippen LogP contribution >= 0.6 is 0 Å². The number of aromatic nitrogens is 1. The Morgan fingerprint density at radius 1 is 1.06 bits per heavy atom. The third kappa shape index (κ3) is 1.60. The van der Waals surface area contributed by atoms with E-state index in [1.807, 2.05) is 18.2 Å². The molecule has 3 rings (SSSR count). The molecule has 0 saturated carbocycles. The van der Waals surface area contributed by atoms with E-state index in [9.17, 15) is 0 Å². The van der Waals surface area contributed by atoms with Gasteiger partial charge in [0.1, 0.15) is 5.75 Å². The summed E-state index contributed by atoms with van der Waals surface area (Å²) in [7, 11) is 0. The first-order valence-corrected chi connectivity index (χ1v) is 5.99. The molecule has 0 N–H and O–H groups in total. The Bertz CT molecular complexity index is 503. The fourth-order valence-electron chi connectivity index (χ4n) is 2.55. The standard InChI is InChI=1S/C15H15NO/c1-10(2)14-11-6-3-4-8-13(11)17-15-12(14)7-5-9-16-15/h3-10,14H,1-2H3. The molecule has 1 aromatic carbocycles. The van der Waals surface area contributed by atoms with Gasteiger partial charge in [-0.25, -0.2) is 4.98 Å². The molecule has 2 aromatic rings. The van der Waals surface area contributed by atoms with Crippen molar-refractivity contribution in [2.45, 2.75) is 19.8 Å². The minimum atomic E-state index is 0.378. The summed E-state index contributed by atoms with van der Waals surface area (Å²) in [6.07, 6.45) is 1.78. The number of hydrogen-bond acceptors (Lipinski definition) is 2. The molecule has 0 aliphatic carbocycles. The van der Waals surface area contributed by atoms with E-state index in [2.05, 4.69) is 37.0 Å². The minimum absolute atomic E-state index is 0.378. The maximum atomic E-state index is 5.85. The number of nitrogens with zero attached hydrogens (tertiary/aromatic N) is 1. The quantitative estimate of drug-likeness (QED) is 0.732. The second-order valence-electron chi connectivity index (χ2n) is 4.76. The van der Waals surface area contributed by atoms with Crippen molar-refractivity contribution in [2.75, 3.05) is 0 Å². The van der Waals surface area contributed by atoms with Gasteiger partial charge in [0, 0.05) is 23.2 Å². The van der Waals surface area contributed by atoms with Gasteiger partial charge in [0.25, 0.3) is 0 Å². The van der Waals surface area contributed by atoms with Gasteiger partial charge in [0.2, 0.25) is 5.88 Å². The smallest absolute Gasteiger partial charge is 0.223 e. The van der Waals surface area contributed by atoms with Gasteiger partial charge in [-0.15, -0.1) is 0 Å². The molecule has 0 saturated heterocycles. The first-order chi connectivity index (χ1) is 8.27. The Labute approximate surface area is 101 Å². The van der Waals surface area contributed by atoms with Crippen LogP contribution in [0.3, 0.4) is 0 Å². The van der Waals surface area contributed by atoms with E-state index < -0.39 is 0 Å². The lowest BCUT2D eigenvalue weighted by molar-refractivity contribution is 0.404. The first-order valence-electron chi connectivity index (χ1n) is 5.99. The Balaban J connectivity index is 2.21. The van der Waals surface area contributed by atoms with Gasteiger partial charge in [-0.05, 0) is 18.1 Å². The van der Waals surface area contributed by atoms with Crippen LogP contribution in [0.2, 0.25) is 0 Å². The molecular weight excluding hydrogens is 210 g/mol. The van der Waals surface area contributed by atoms with Crippen LogP contribution in [0.1, 0.15) is 30.9 Å². The third-order valence-electron chi connectivity index (χ3n) is 3.26.